The van der Waals surface area contributed by atoms with Gasteiger partial charge in [0.15, 0.2) is 5.96 Å². The van der Waals surface area contributed by atoms with E-state index in [2.05, 4.69) is 32.3 Å². The van der Waals surface area contributed by atoms with Crippen molar-refractivity contribution in [3.8, 4) is 0 Å². The fourth-order valence-corrected chi connectivity index (χ4v) is 3.71. The lowest BCUT2D eigenvalue weighted by molar-refractivity contribution is 0.606. The molecule has 9 heteroatoms. The maximum absolute atomic E-state index is 11.5. The van der Waals surface area contributed by atoms with Crippen LogP contribution in [-0.4, -0.2) is 32.2 Å². The van der Waals surface area contributed by atoms with Gasteiger partial charge in [-0.15, -0.1) is 11.3 Å². The number of aryl methyl sites for hydroxylation is 2. The number of guanidine groups is 1. The van der Waals surface area contributed by atoms with Gasteiger partial charge in [-0.3, -0.25) is 4.72 Å². The van der Waals surface area contributed by atoms with E-state index in [9.17, 15) is 8.42 Å². The highest BCUT2D eigenvalue weighted by atomic mass is 32.2. The number of nitrogens with one attached hydrogen (secondary N) is 3. The minimum Gasteiger partial charge on any atom is -0.357 e. The van der Waals surface area contributed by atoms with Crippen molar-refractivity contribution in [2.75, 3.05) is 17.5 Å². The van der Waals surface area contributed by atoms with E-state index < -0.39 is 10.0 Å². The van der Waals surface area contributed by atoms with Crippen LogP contribution in [-0.2, 0) is 23.1 Å². The molecule has 0 radical (unpaired) electrons. The summed E-state index contributed by atoms with van der Waals surface area (Å²) in [5, 5.41) is 7.46. The van der Waals surface area contributed by atoms with Crippen molar-refractivity contribution >= 4 is 33.0 Å². The second kappa shape index (κ2) is 9.00. The van der Waals surface area contributed by atoms with Crippen LogP contribution in [0.5, 0.6) is 0 Å². The monoisotopic (exact) mass is 395 g/mol. The zero-order valence-electron chi connectivity index (χ0n) is 15.5. The molecular weight excluding hydrogens is 370 g/mol. The average molecular weight is 396 g/mol. The van der Waals surface area contributed by atoms with Crippen molar-refractivity contribution in [1.82, 2.24) is 15.6 Å². The van der Waals surface area contributed by atoms with Gasteiger partial charge >= 0.3 is 0 Å². The molecule has 0 aliphatic carbocycles. The molecule has 0 atom stereocenters. The summed E-state index contributed by atoms with van der Waals surface area (Å²) in [6.07, 6.45) is 1.14. The van der Waals surface area contributed by atoms with Crippen LogP contribution in [0.25, 0.3) is 0 Å². The molecular formula is C17H25N5O2S2. The van der Waals surface area contributed by atoms with E-state index in [1.54, 1.807) is 23.5 Å². The second-order valence-electron chi connectivity index (χ2n) is 5.83. The Kier molecular flexibility index (Phi) is 6.98. The van der Waals surface area contributed by atoms with E-state index in [1.807, 2.05) is 26.0 Å². The molecule has 0 aliphatic rings. The van der Waals surface area contributed by atoms with E-state index in [1.165, 1.54) is 4.88 Å². The molecule has 1 aromatic carbocycles. The molecule has 0 aliphatic heterocycles. The van der Waals surface area contributed by atoms with Crippen molar-refractivity contribution in [3.63, 3.8) is 0 Å². The van der Waals surface area contributed by atoms with Gasteiger partial charge in [-0.2, -0.15) is 0 Å². The van der Waals surface area contributed by atoms with Gasteiger partial charge in [-0.25, -0.2) is 18.4 Å². The Morgan fingerprint density at radius 2 is 1.96 bits per heavy atom. The summed E-state index contributed by atoms with van der Waals surface area (Å²) in [5.41, 5.74) is 2.39. The Morgan fingerprint density at radius 3 is 2.58 bits per heavy atom. The molecule has 0 fully saturated rings. The molecule has 0 saturated heterocycles. The van der Waals surface area contributed by atoms with Gasteiger partial charge in [0.25, 0.3) is 0 Å². The maximum atomic E-state index is 11.5. The van der Waals surface area contributed by atoms with Gasteiger partial charge in [0, 0.05) is 11.4 Å². The Hall–Kier alpha value is -2.13. The highest BCUT2D eigenvalue weighted by Crippen LogP contribution is 2.18. The SMILES string of the molecule is CCNC(=NCc1ccccc1NS(C)(=O)=O)NCc1nc(C)c(C)s1. The summed E-state index contributed by atoms with van der Waals surface area (Å²) in [5.74, 6) is 0.659. The van der Waals surface area contributed by atoms with Crippen molar-refractivity contribution in [1.29, 1.82) is 0 Å². The molecule has 26 heavy (non-hydrogen) atoms. The first kappa shape index (κ1) is 20.2. The number of nitrogens with zero attached hydrogens (tertiary/aromatic N) is 2. The highest BCUT2D eigenvalue weighted by Gasteiger charge is 2.08. The highest BCUT2D eigenvalue weighted by molar-refractivity contribution is 7.92. The number of aliphatic imine (C=N–C) groups is 1. The number of hydrogen-bond acceptors (Lipinski definition) is 5. The third kappa shape index (κ3) is 6.30. The number of benzene rings is 1. The average Bonchev–Trinajstić information content (AvgIpc) is 2.88. The standard InChI is InChI=1S/C17H25N5O2S2/c1-5-18-17(20-11-16-21-12(2)13(3)25-16)19-10-14-8-6-7-9-15(14)22-26(4,23)24/h6-9,22H,5,10-11H2,1-4H3,(H2,18,19,20). The molecule has 1 aromatic heterocycles. The van der Waals surface area contributed by atoms with Gasteiger partial charge in [-0.1, -0.05) is 18.2 Å². The Bertz CT molecular complexity index is 856. The summed E-state index contributed by atoms with van der Waals surface area (Å²) >= 11 is 1.66. The number of thiazole rings is 1. The number of rotatable bonds is 7. The molecule has 0 amide bonds. The van der Waals surface area contributed by atoms with Crippen molar-refractivity contribution in [3.05, 3.63) is 45.4 Å². The first-order valence-corrected chi connectivity index (χ1v) is 11.0. The first-order chi connectivity index (χ1) is 12.3. The summed E-state index contributed by atoms with van der Waals surface area (Å²) in [6.45, 7) is 7.72. The third-order valence-electron chi connectivity index (χ3n) is 3.54. The first-order valence-electron chi connectivity index (χ1n) is 8.29. The zero-order chi connectivity index (χ0) is 19.2. The van der Waals surface area contributed by atoms with E-state index in [4.69, 9.17) is 0 Å². The number of anilines is 1. The van der Waals surface area contributed by atoms with Crippen LogP contribution in [0.15, 0.2) is 29.3 Å². The van der Waals surface area contributed by atoms with Gasteiger partial charge in [0.2, 0.25) is 10.0 Å². The Morgan fingerprint density at radius 1 is 1.23 bits per heavy atom. The predicted molar refractivity (Wildman–Crippen MR) is 108 cm³/mol. The normalized spacial score (nSPS) is 12.1. The Balaban J connectivity index is 2.09. The zero-order valence-corrected chi connectivity index (χ0v) is 17.1. The lowest BCUT2D eigenvalue weighted by Crippen LogP contribution is -2.36. The van der Waals surface area contributed by atoms with Crippen LogP contribution < -0.4 is 15.4 Å². The van der Waals surface area contributed by atoms with Gasteiger partial charge in [0.05, 0.1) is 30.7 Å². The van der Waals surface area contributed by atoms with Gasteiger partial charge in [0.1, 0.15) is 5.01 Å². The molecule has 7 nitrogen and oxygen atoms in total. The fourth-order valence-electron chi connectivity index (χ4n) is 2.24. The third-order valence-corrected chi connectivity index (χ3v) is 5.21. The summed E-state index contributed by atoms with van der Waals surface area (Å²) < 4.78 is 25.5. The molecule has 0 unspecified atom stereocenters. The van der Waals surface area contributed by atoms with Gasteiger partial charge in [-0.05, 0) is 32.4 Å². The maximum Gasteiger partial charge on any atom is 0.229 e. The van der Waals surface area contributed by atoms with Crippen LogP contribution in [0.4, 0.5) is 5.69 Å². The predicted octanol–water partition coefficient (Wildman–Crippen LogP) is 2.39. The minimum absolute atomic E-state index is 0.351. The number of hydrogen-bond donors (Lipinski definition) is 3. The lowest BCUT2D eigenvalue weighted by Gasteiger charge is -2.12. The van der Waals surface area contributed by atoms with Crippen molar-refractivity contribution in [2.24, 2.45) is 4.99 Å². The van der Waals surface area contributed by atoms with Gasteiger partial charge < -0.3 is 10.6 Å². The quantitative estimate of drug-likeness (QED) is 0.494. The summed E-state index contributed by atoms with van der Waals surface area (Å²) in [6, 6.07) is 7.23. The summed E-state index contributed by atoms with van der Waals surface area (Å²) in [7, 11) is -3.33. The van der Waals surface area contributed by atoms with Crippen molar-refractivity contribution in [2.45, 2.75) is 33.9 Å². The molecule has 0 bridgehead atoms. The topological polar surface area (TPSA) is 95.5 Å². The van der Waals surface area contributed by atoms with E-state index in [0.717, 1.165) is 29.1 Å². The Labute approximate surface area is 159 Å². The molecule has 1 heterocycles. The van der Waals surface area contributed by atoms with E-state index in [-0.39, 0.29) is 0 Å². The molecule has 2 aromatic rings. The fraction of sp³-hybridized carbons (Fsp3) is 0.412. The van der Waals surface area contributed by atoms with Crippen LogP contribution in [0.1, 0.15) is 28.1 Å². The molecule has 0 spiro atoms. The largest absolute Gasteiger partial charge is 0.357 e. The molecule has 0 saturated carbocycles. The van der Waals surface area contributed by atoms with Crippen LogP contribution in [0, 0.1) is 13.8 Å². The second-order valence-corrected chi connectivity index (χ2v) is 8.87. The smallest absolute Gasteiger partial charge is 0.229 e. The van der Waals surface area contributed by atoms with Crippen LogP contribution in [0.2, 0.25) is 0 Å². The van der Waals surface area contributed by atoms with Crippen molar-refractivity contribution < 1.29 is 8.42 Å². The minimum atomic E-state index is -3.33. The molecule has 3 N–H and O–H groups in total. The number of sulfonamides is 1. The van der Waals surface area contributed by atoms with Crippen LogP contribution >= 0.6 is 11.3 Å². The number of para-hydroxylation sites is 1. The lowest BCUT2D eigenvalue weighted by atomic mass is 10.2. The van der Waals surface area contributed by atoms with E-state index >= 15 is 0 Å². The molecule has 142 valence electrons. The summed E-state index contributed by atoms with van der Waals surface area (Å²) in [4.78, 5) is 10.3. The molecule has 2 rings (SSSR count). The van der Waals surface area contributed by atoms with Crippen LogP contribution in [0.3, 0.4) is 0 Å². The van der Waals surface area contributed by atoms with E-state index in [0.29, 0.717) is 24.7 Å². The number of aromatic nitrogens is 1.